The van der Waals surface area contributed by atoms with Crippen LogP contribution in [0.1, 0.15) is 18.4 Å². The number of ether oxygens (including phenoxy) is 2. The van der Waals surface area contributed by atoms with Crippen molar-refractivity contribution in [2.75, 3.05) is 26.1 Å². The first-order valence-corrected chi connectivity index (χ1v) is 7.07. The Bertz CT molecular complexity index is 393. The molecular weight excluding hydrogens is 294 g/mol. The van der Waals surface area contributed by atoms with Gasteiger partial charge in [0.25, 0.3) is 0 Å². The summed E-state index contributed by atoms with van der Waals surface area (Å²) < 4.78 is 11.7. The van der Waals surface area contributed by atoms with Gasteiger partial charge in [0.15, 0.2) is 0 Å². The maximum atomic E-state index is 5.30. The summed E-state index contributed by atoms with van der Waals surface area (Å²) in [6, 6.07) is 6.59. The number of rotatable bonds is 7. The van der Waals surface area contributed by atoms with E-state index in [9.17, 15) is 0 Å². The average molecular weight is 314 g/mol. The molecule has 1 aromatic rings. The molecule has 1 unspecified atom stereocenters. The van der Waals surface area contributed by atoms with Crippen LogP contribution in [0.2, 0.25) is 0 Å². The summed E-state index contributed by atoms with van der Waals surface area (Å²) in [7, 11) is 3.48. The summed E-state index contributed by atoms with van der Waals surface area (Å²) in [5.74, 6) is 0.749. The van der Waals surface area contributed by atoms with Gasteiger partial charge in [0, 0.05) is 29.9 Å². The average Bonchev–Trinajstić information content (AvgIpc) is 3.17. The molecule has 0 heterocycles. The summed E-state index contributed by atoms with van der Waals surface area (Å²) in [5.41, 5.74) is 2.31. The number of methoxy groups -OCH3 is 2. The van der Waals surface area contributed by atoms with Crippen LogP contribution in [-0.4, -0.2) is 26.9 Å². The molecule has 3 nitrogen and oxygen atoms in total. The Morgan fingerprint density at radius 2 is 2.11 bits per heavy atom. The number of halogens is 1. The molecule has 0 aromatic heterocycles. The number of nitrogens with one attached hydrogen (secondary N) is 1. The summed E-state index contributed by atoms with van der Waals surface area (Å²) in [6.45, 7) is 1.36. The molecule has 1 aliphatic carbocycles. The summed E-state index contributed by atoms with van der Waals surface area (Å²) in [5, 5.41) is 3.60. The molecule has 18 heavy (non-hydrogen) atoms. The predicted octanol–water partition coefficient (Wildman–Crippen LogP) is 3.43. The van der Waals surface area contributed by atoms with Crippen molar-refractivity contribution in [1.29, 1.82) is 0 Å². The monoisotopic (exact) mass is 313 g/mol. The van der Waals surface area contributed by atoms with Crippen molar-refractivity contribution in [2.24, 2.45) is 5.92 Å². The fourth-order valence-electron chi connectivity index (χ4n) is 2.16. The van der Waals surface area contributed by atoms with E-state index in [1.807, 2.05) is 12.1 Å². The van der Waals surface area contributed by atoms with E-state index in [0.717, 1.165) is 22.7 Å². The van der Waals surface area contributed by atoms with E-state index in [1.165, 1.54) is 18.4 Å². The third-order valence-electron chi connectivity index (χ3n) is 3.29. The largest absolute Gasteiger partial charge is 0.383 e. The first-order chi connectivity index (χ1) is 8.76. The molecule has 1 aliphatic rings. The zero-order chi connectivity index (χ0) is 13.0. The van der Waals surface area contributed by atoms with Crippen molar-refractivity contribution >= 4 is 21.6 Å². The zero-order valence-corrected chi connectivity index (χ0v) is 12.5. The van der Waals surface area contributed by atoms with Crippen LogP contribution in [-0.2, 0) is 16.1 Å². The summed E-state index contributed by atoms with van der Waals surface area (Å²) in [4.78, 5) is 0. The van der Waals surface area contributed by atoms with Crippen molar-refractivity contribution in [3.8, 4) is 0 Å². The fraction of sp³-hybridized carbons (Fsp3) is 0.571. The Morgan fingerprint density at radius 3 is 2.72 bits per heavy atom. The molecule has 1 fully saturated rings. The maximum Gasteiger partial charge on any atom is 0.0744 e. The Morgan fingerprint density at radius 1 is 1.33 bits per heavy atom. The first-order valence-electron chi connectivity index (χ1n) is 6.28. The van der Waals surface area contributed by atoms with Gasteiger partial charge >= 0.3 is 0 Å². The van der Waals surface area contributed by atoms with E-state index in [4.69, 9.17) is 9.47 Å². The van der Waals surface area contributed by atoms with Crippen LogP contribution in [0, 0.1) is 5.92 Å². The number of hydrogen-bond donors (Lipinski definition) is 1. The quantitative estimate of drug-likeness (QED) is 0.836. The molecule has 0 radical (unpaired) electrons. The van der Waals surface area contributed by atoms with Crippen LogP contribution in [0.4, 0.5) is 5.69 Å². The van der Waals surface area contributed by atoms with Crippen LogP contribution < -0.4 is 5.32 Å². The van der Waals surface area contributed by atoms with Crippen LogP contribution in [0.5, 0.6) is 0 Å². The Hall–Kier alpha value is -0.580. The van der Waals surface area contributed by atoms with Gasteiger partial charge < -0.3 is 14.8 Å². The van der Waals surface area contributed by atoms with Crippen LogP contribution >= 0.6 is 15.9 Å². The van der Waals surface area contributed by atoms with E-state index >= 15 is 0 Å². The van der Waals surface area contributed by atoms with E-state index in [-0.39, 0.29) is 0 Å². The minimum absolute atomic E-state index is 0.403. The lowest BCUT2D eigenvalue weighted by Gasteiger charge is -2.21. The standard InChI is InChI=1S/C14H20BrNO2/c1-17-8-11-12(15)4-3-5-13(11)16-14(9-18-2)10-6-7-10/h3-5,10,14,16H,6-9H2,1-2H3. The molecule has 0 saturated heterocycles. The van der Waals surface area contributed by atoms with Gasteiger partial charge in [0.05, 0.1) is 19.3 Å². The van der Waals surface area contributed by atoms with Gasteiger partial charge in [-0.2, -0.15) is 0 Å². The molecular formula is C14H20BrNO2. The molecule has 0 amide bonds. The molecule has 1 atom stereocenters. The lowest BCUT2D eigenvalue weighted by atomic mass is 10.1. The van der Waals surface area contributed by atoms with Gasteiger partial charge in [-0.3, -0.25) is 0 Å². The van der Waals surface area contributed by atoms with Crippen molar-refractivity contribution in [1.82, 2.24) is 0 Å². The highest BCUT2D eigenvalue weighted by atomic mass is 79.9. The molecule has 0 aliphatic heterocycles. The van der Waals surface area contributed by atoms with Crippen molar-refractivity contribution < 1.29 is 9.47 Å². The maximum absolute atomic E-state index is 5.30. The topological polar surface area (TPSA) is 30.5 Å². The smallest absolute Gasteiger partial charge is 0.0744 e. The van der Waals surface area contributed by atoms with Gasteiger partial charge in [-0.25, -0.2) is 0 Å². The molecule has 1 aromatic carbocycles. The highest BCUT2D eigenvalue weighted by Gasteiger charge is 2.31. The molecule has 1 N–H and O–H groups in total. The highest BCUT2D eigenvalue weighted by Crippen LogP contribution is 2.35. The van der Waals surface area contributed by atoms with Crippen LogP contribution in [0.3, 0.4) is 0 Å². The Balaban J connectivity index is 2.13. The molecule has 2 rings (SSSR count). The van der Waals surface area contributed by atoms with Gasteiger partial charge in [-0.15, -0.1) is 0 Å². The normalized spacial score (nSPS) is 16.6. The Kier molecular flexibility index (Phi) is 5.03. The summed E-state index contributed by atoms with van der Waals surface area (Å²) in [6.07, 6.45) is 2.60. The second-order valence-corrected chi connectivity index (χ2v) is 5.60. The third kappa shape index (κ3) is 3.46. The SMILES string of the molecule is COCc1c(Br)cccc1NC(COC)C1CC1. The molecule has 100 valence electrons. The second kappa shape index (κ2) is 6.55. The second-order valence-electron chi connectivity index (χ2n) is 4.74. The highest BCUT2D eigenvalue weighted by molar-refractivity contribution is 9.10. The minimum atomic E-state index is 0.403. The predicted molar refractivity (Wildman–Crippen MR) is 76.9 cm³/mol. The van der Waals surface area contributed by atoms with Gasteiger partial charge in [-0.1, -0.05) is 22.0 Å². The lowest BCUT2D eigenvalue weighted by molar-refractivity contribution is 0.177. The van der Waals surface area contributed by atoms with Crippen LogP contribution in [0.25, 0.3) is 0 Å². The van der Waals surface area contributed by atoms with Crippen molar-refractivity contribution in [3.05, 3.63) is 28.2 Å². The zero-order valence-electron chi connectivity index (χ0n) is 10.9. The number of hydrogen-bond acceptors (Lipinski definition) is 3. The third-order valence-corrected chi connectivity index (χ3v) is 4.03. The van der Waals surface area contributed by atoms with Gasteiger partial charge in [0.2, 0.25) is 0 Å². The van der Waals surface area contributed by atoms with Gasteiger partial charge in [-0.05, 0) is 30.9 Å². The van der Waals surface area contributed by atoms with Crippen LogP contribution in [0.15, 0.2) is 22.7 Å². The fourth-order valence-corrected chi connectivity index (χ4v) is 2.64. The molecule has 4 heteroatoms. The van der Waals surface area contributed by atoms with Gasteiger partial charge in [0.1, 0.15) is 0 Å². The summed E-state index contributed by atoms with van der Waals surface area (Å²) >= 11 is 3.58. The van der Waals surface area contributed by atoms with E-state index in [0.29, 0.717) is 12.6 Å². The minimum Gasteiger partial charge on any atom is -0.383 e. The van der Waals surface area contributed by atoms with E-state index in [2.05, 4.69) is 27.3 Å². The van der Waals surface area contributed by atoms with Crippen molar-refractivity contribution in [3.63, 3.8) is 0 Å². The molecule has 1 saturated carbocycles. The number of benzene rings is 1. The molecule has 0 spiro atoms. The lowest BCUT2D eigenvalue weighted by Crippen LogP contribution is -2.27. The van der Waals surface area contributed by atoms with E-state index in [1.54, 1.807) is 14.2 Å². The number of anilines is 1. The molecule has 0 bridgehead atoms. The Labute approximate surface area is 117 Å². The van der Waals surface area contributed by atoms with E-state index < -0.39 is 0 Å². The first kappa shape index (κ1) is 13.8. The van der Waals surface area contributed by atoms with Crippen molar-refractivity contribution in [2.45, 2.75) is 25.5 Å².